The third-order valence-corrected chi connectivity index (χ3v) is 5.63. The van der Waals surface area contributed by atoms with Crippen molar-refractivity contribution in [3.05, 3.63) is 86.8 Å². The lowest BCUT2D eigenvalue weighted by Crippen LogP contribution is -2.20. The van der Waals surface area contributed by atoms with E-state index in [2.05, 4.69) is 37.8 Å². The van der Waals surface area contributed by atoms with E-state index in [0.717, 1.165) is 5.56 Å². The Morgan fingerprint density at radius 3 is 2.56 bits per heavy atom. The third kappa shape index (κ3) is 8.12. The zero-order valence-electron chi connectivity index (χ0n) is 19.3. The molecule has 3 aromatic carbocycles. The molecule has 0 aliphatic rings. The number of benzene rings is 3. The molecule has 0 aliphatic heterocycles. The molecule has 0 aromatic heterocycles. The summed E-state index contributed by atoms with van der Waals surface area (Å²) >= 11 is 9.37. The van der Waals surface area contributed by atoms with E-state index in [4.69, 9.17) is 26.3 Å². The predicted octanol–water partition coefficient (Wildman–Crippen LogP) is 5.43. The largest absolute Gasteiger partial charge is 0.493 e. The molecule has 0 unspecified atom stereocenters. The second-order valence-corrected chi connectivity index (χ2v) is 8.77. The molecule has 8 nitrogen and oxygen atoms in total. The second-order valence-electron chi connectivity index (χ2n) is 7.48. The van der Waals surface area contributed by atoms with Crippen LogP contribution in [0.25, 0.3) is 0 Å². The van der Waals surface area contributed by atoms with Gasteiger partial charge in [-0.15, -0.1) is 0 Å². The summed E-state index contributed by atoms with van der Waals surface area (Å²) in [4.78, 5) is 24.1. The van der Waals surface area contributed by atoms with Gasteiger partial charge in [0.05, 0.1) is 29.4 Å². The number of rotatable bonds is 10. The molecule has 184 valence electrons. The maximum absolute atomic E-state index is 12.1. The number of nitriles is 1. The molecule has 3 aromatic rings. The fourth-order valence-corrected chi connectivity index (χ4v) is 3.80. The number of hydrogen-bond donors (Lipinski definition) is 2. The number of ether oxygens (including phenoxy) is 2. The topological polar surface area (TPSA) is 113 Å². The molecule has 3 rings (SSSR count). The summed E-state index contributed by atoms with van der Waals surface area (Å²) < 4.78 is 12.0. The summed E-state index contributed by atoms with van der Waals surface area (Å²) in [5, 5.41) is 16.1. The van der Waals surface area contributed by atoms with Crippen molar-refractivity contribution in [2.24, 2.45) is 5.10 Å². The summed E-state index contributed by atoms with van der Waals surface area (Å²) in [6.07, 6.45) is 1.43. The number of nitrogens with one attached hydrogen (secondary N) is 2. The molecule has 2 amide bonds. The number of nitrogens with zero attached hydrogens (tertiary/aromatic N) is 2. The monoisotopic (exact) mass is 568 g/mol. The van der Waals surface area contributed by atoms with Crippen molar-refractivity contribution < 1.29 is 19.1 Å². The first-order chi connectivity index (χ1) is 17.4. The number of hydrazone groups is 1. The van der Waals surface area contributed by atoms with Crippen molar-refractivity contribution in [2.45, 2.75) is 19.4 Å². The highest BCUT2D eigenvalue weighted by Gasteiger charge is 2.12. The van der Waals surface area contributed by atoms with Crippen molar-refractivity contribution in [3.63, 3.8) is 0 Å². The molecule has 0 saturated carbocycles. The molecule has 0 heterocycles. The summed E-state index contributed by atoms with van der Waals surface area (Å²) in [5.74, 6) is 0.278. The predicted molar refractivity (Wildman–Crippen MR) is 141 cm³/mol. The van der Waals surface area contributed by atoms with Gasteiger partial charge in [0.15, 0.2) is 11.5 Å². The van der Waals surface area contributed by atoms with Gasteiger partial charge in [0.25, 0.3) is 0 Å². The Bertz CT molecular complexity index is 1310. The molecular weight excluding hydrogens is 548 g/mol. The Balaban J connectivity index is 1.51. The number of carbonyl (C=O) groups excluding carboxylic acids is 2. The van der Waals surface area contributed by atoms with Crippen LogP contribution in [0.2, 0.25) is 5.02 Å². The van der Waals surface area contributed by atoms with Gasteiger partial charge < -0.3 is 14.8 Å². The number of carbonyl (C=O) groups is 2. The number of methoxy groups -OCH3 is 1. The van der Waals surface area contributed by atoms with Crippen molar-refractivity contribution in [1.29, 1.82) is 5.26 Å². The first kappa shape index (κ1) is 26.7. The fraction of sp³-hybridized carbons (Fsp3) is 0.154. The lowest BCUT2D eigenvalue weighted by atomic mass is 10.1. The molecular formula is C26H22BrClN4O4. The van der Waals surface area contributed by atoms with Gasteiger partial charge in [0, 0.05) is 23.6 Å². The second kappa shape index (κ2) is 13.3. The van der Waals surface area contributed by atoms with Gasteiger partial charge in [0.1, 0.15) is 6.61 Å². The SMILES string of the molecule is COc1cc(C=NNC(=O)CCC(=O)Nc2cccc(Cl)c2)cc(Br)c1OCc1ccc(C#N)cc1. The third-order valence-electron chi connectivity index (χ3n) is 4.81. The van der Waals surface area contributed by atoms with Crippen LogP contribution < -0.4 is 20.2 Å². The van der Waals surface area contributed by atoms with Crippen LogP contribution in [0.5, 0.6) is 11.5 Å². The van der Waals surface area contributed by atoms with Gasteiger partial charge in [-0.05, 0) is 69.5 Å². The number of hydrogen-bond acceptors (Lipinski definition) is 6. The number of amides is 2. The number of anilines is 1. The first-order valence-corrected chi connectivity index (χ1v) is 11.9. The minimum Gasteiger partial charge on any atom is -0.493 e. The Labute approximate surface area is 222 Å². The van der Waals surface area contributed by atoms with E-state index >= 15 is 0 Å². The van der Waals surface area contributed by atoms with Crippen molar-refractivity contribution in [3.8, 4) is 17.6 Å². The highest BCUT2D eigenvalue weighted by atomic mass is 79.9. The summed E-state index contributed by atoms with van der Waals surface area (Å²) in [6.45, 7) is 0.287. The van der Waals surface area contributed by atoms with Crippen LogP contribution in [-0.2, 0) is 16.2 Å². The van der Waals surface area contributed by atoms with Gasteiger partial charge >= 0.3 is 0 Å². The molecule has 0 spiro atoms. The van der Waals surface area contributed by atoms with Gasteiger partial charge in [-0.2, -0.15) is 10.4 Å². The molecule has 0 atom stereocenters. The van der Waals surface area contributed by atoms with Crippen LogP contribution in [0.4, 0.5) is 5.69 Å². The minimum absolute atomic E-state index is 0.00148. The van der Waals surface area contributed by atoms with E-state index in [-0.39, 0.29) is 25.4 Å². The fourth-order valence-electron chi connectivity index (χ4n) is 3.04. The van der Waals surface area contributed by atoms with Crippen LogP contribution in [0.1, 0.15) is 29.5 Å². The molecule has 0 aliphatic carbocycles. The van der Waals surface area contributed by atoms with Crippen molar-refractivity contribution in [2.75, 3.05) is 12.4 Å². The quantitative estimate of drug-likeness (QED) is 0.250. The zero-order valence-corrected chi connectivity index (χ0v) is 21.6. The molecule has 36 heavy (non-hydrogen) atoms. The van der Waals surface area contributed by atoms with Crippen LogP contribution in [0, 0.1) is 11.3 Å². The van der Waals surface area contributed by atoms with E-state index in [1.807, 2.05) is 12.1 Å². The summed E-state index contributed by atoms with van der Waals surface area (Å²) in [7, 11) is 1.52. The Morgan fingerprint density at radius 1 is 1.11 bits per heavy atom. The van der Waals surface area contributed by atoms with Gasteiger partial charge in [-0.3, -0.25) is 9.59 Å². The van der Waals surface area contributed by atoms with E-state index < -0.39 is 5.91 Å². The highest BCUT2D eigenvalue weighted by molar-refractivity contribution is 9.10. The Kier molecular flexibility index (Phi) is 9.86. The zero-order chi connectivity index (χ0) is 25.9. The molecule has 10 heteroatoms. The molecule has 0 fully saturated rings. The normalized spacial score (nSPS) is 10.5. The molecule has 0 bridgehead atoms. The van der Waals surface area contributed by atoms with Crippen molar-refractivity contribution >= 4 is 51.2 Å². The standard InChI is InChI=1S/C26H22BrClN4O4/c1-35-23-12-19(11-22(27)26(23)36-16-18-7-5-17(14-29)6-8-18)15-30-32-25(34)10-9-24(33)31-21-4-2-3-20(28)13-21/h2-8,11-13,15H,9-10,16H2,1H3,(H,31,33)(H,32,34). The lowest BCUT2D eigenvalue weighted by molar-refractivity contribution is -0.124. The smallest absolute Gasteiger partial charge is 0.240 e. The van der Waals surface area contributed by atoms with Crippen LogP contribution in [0.15, 0.2) is 70.2 Å². The van der Waals surface area contributed by atoms with E-state index in [1.54, 1.807) is 48.5 Å². The van der Waals surface area contributed by atoms with Crippen LogP contribution in [-0.4, -0.2) is 25.1 Å². The molecule has 0 radical (unpaired) electrons. The van der Waals surface area contributed by atoms with Gasteiger partial charge in [-0.1, -0.05) is 29.8 Å². The minimum atomic E-state index is -0.402. The van der Waals surface area contributed by atoms with Crippen molar-refractivity contribution in [1.82, 2.24) is 5.43 Å². The lowest BCUT2D eigenvalue weighted by Gasteiger charge is -2.13. The Hall–Kier alpha value is -3.87. The van der Waals surface area contributed by atoms with E-state index in [0.29, 0.717) is 37.8 Å². The average molecular weight is 570 g/mol. The summed E-state index contributed by atoms with van der Waals surface area (Å²) in [5.41, 5.74) is 5.11. The van der Waals surface area contributed by atoms with Crippen LogP contribution >= 0.6 is 27.5 Å². The Morgan fingerprint density at radius 2 is 1.86 bits per heavy atom. The maximum Gasteiger partial charge on any atom is 0.240 e. The maximum atomic E-state index is 12.1. The van der Waals surface area contributed by atoms with E-state index in [1.165, 1.54) is 13.3 Å². The molecule has 2 N–H and O–H groups in total. The van der Waals surface area contributed by atoms with Gasteiger partial charge in [0.2, 0.25) is 11.8 Å². The molecule has 0 saturated heterocycles. The van der Waals surface area contributed by atoms with Crippen LogP contribution in [0.3, 0.4) is 0 Å². The van der Waals surface area contributed by atoms with Gasteiger partial charge in [-0.25, -0.2) is 5.43 Å². The van der Waals surface area contributed by atoms with E-state index in [9.17, 15) is 9.59 Å². The number of halogens is 2. The average Bonchev–Trinajstić information content (AvgIpc) is 2.87. The highest BCUT2D eigenvalue weighted by Crippen LogP contribution is 2.36. The first-order valence-electron chi connectivity index (χ1n) is 10.7. The summed E-state index contributed by atoms with van der Waals surface area (Å²) in [6, 6.07) is 19.4.